The van der Waals surface area contributed by atoms with Gasteiger partial charge in [-0.2, -0.15) is 23.0 Å². The molecule has 1 aromatic heterocycles. The van der Waals surface area contributed by atoms with Crippen molar-refractivity contribution in [2.45, 2.75) is 43.9 Å². The minimum absolute atomic E-state index is 0.00698. The molecule has 0 unspecified atom stereocenters. The van der Waals surface area contributed by atoms with Gasteiger partial charge in [-0.1, -0.05) is 18.6 Å². The minimum atomic E-state index is -4.50. The number of alkyl halides is 3. The molecule has 2 heterocycles. The summed E-state index contributed by atoms with van der Waals surface area (Å²) in [6.07, 6.45) is -0.281. The van der Waals surface area contributed by atoms with E-state index in [0.717, 1.165) is 19.3 Å². The van der Waals surface area contributed by atoms with Crippen LogP contribution in [0.15, 0.2) is 52.4 Å². The molecule has 0 amide bonds. The van der Waals surface area contributed by atoms with Crippen molar-refractivity contribution >= 4 is 28.6 Å². The number of fused-ring (bicyclic) bond motifs is 1. The Bertz CT molecular complexity index is 1240. The molecule has 0 saturated heterocycles. The van der Waals surface area contributed by atoms with Crippen LogP contribution in [0.25, 0.3) is 16.7 Å². The highest BCUT2D eigenvalue weighted by molar-refractivity contribution is 6.05. The molecule has 12 heteroatoms. The van der Waals surface area contributed by atoms with Gasteiger partial charge in [0.2, 0.25) is 11.9 Å². The largest absolute Gasteiger partial charge is 0.484 e. The van der Waals surface area contributed by atoms with Crippen molar-refractivity contribution in [2.75, 3.05) is 11.5 Å². The second-order valence-corrected chi connectivity index (χ2v) is 8.39. The molecule has 0 radical (unpaired) electrons. The van der Waals surface area contributed by atoms with Gasteiger partial charge in [0, 0.05) is 12.1 Å². The van der Waals surface area contributed by atoms with E-state index < -0.39 is 18.4 Å². The molecule has 2 aromatic carbocycles. The SMILES string of the molecule is NC1=NC2(CCCCC2)N(c2cc(OCC(F)(F)F)cc(-n3nc4ccccc4n3)c2)C(N)=N1. The lowest BCUT2D eigenvalue weighted by Crippen LogP contribution is -2.58. The number of aliphatic imine (C=N–C) groups is 2. The number of rotatable bonds is 4. The molecule has 1 aliphatic carbocycles. The third-order valence-electron chi connectivity index (χ3n) is 5.91. The first-order valence-electron chi connectivity index (χ1n) is 10.9. The van der Waals surface area contributed by atoms with Crippen LogP contribution in [0.4, 0.5) is 18.9 Å². The predicted molar refractivity (Wildman–Crippen MR) is 122 cm³/mol. The van der Waals surface area contributed by atoms with Crippen molar-refractivity contribution in [2.24, 2.45) is 21.5 Å². The molecule has 4 N–H and O–H groups in total. The Hall–Kier alpha value is -3.83. The predicted octanol–water partition coefficient (Wildman–Crippen LogP) is 3.47. The zero-order valence-corrected chi connectivity index (χ0v) is 18.2. The number of halogens is 3. The van der Waals surface area contributed by atoms with Crippen LogP contribution in [0, 0.1) is 0 Å². The Balaban J connectivity index is 1.63. The molecule has 0 atom stereocenters. The monoisotopic (exact) mass is 472 g/mol. The molecule has 1 aliphatic heterocycles. The first-order valence-corrected chi connectivity index (χ1v) is 10.9. The summed E-state index contributed by atoms with van der Waals surface area (Å²) in [7, 11) is 0. The number of aromatic nitrogens is 3. The van der Waals surface area contributed by atoms with Gasteiger partial charge < -0.3 is 16.2 Å². The highest BCUT2D eigenvalue weighted by Crippen LogP contribution is 2.41. The molecule has 0 bridgehead atoms. The maximum absolute atomic E-state index is 12.9. The van der Waals surface area contributed by atoms with Crippen LogP contribution in [0.1, 0.15) is 32.1 Å². The number of guanidine groups is 2. The molecule has 1 saturated carbocycles. The van der Waals surface area contributed by atoms with Crippen LogP contribution in [-0.4, -0.2) is 45.4 Å². The van der Waals surface area contributed by atoms with Gasteiger partial charge in [0.15, 0.2) is 6.61 Å². The number of nitrogens with zero attached hydrogens (tertiary/aromatic N) is 6. The fraction of sp³-hybridized carbons (Fsp3) is 0.364. The molecule has 1 fully saturated rings. The molecular weight excluding hydrogens is 449 g/mol. The fourth-order valence-corrected chi connectivity index (χ4v) is 4.53. The Labute approximate surface area is 192 Å². The highest BCUT2D eigenvalue weighted by Gasteiger charge is 2.43. The first-order chi connectivity index (χ1) is 16.2. The van der Waals surface area contributed by atoms with Gasteiger partial charge in [-0.05, 0) is 43.9 Å². The van der Waals surface area contributed by atoms with E-state index >= 15 is 0 Å². The van der Waals surface area contributed by atoms with Crippen LogP contribution in [0.5, 0.6) is 5.75 Å². The average molecular weight is 472 g/mol. The van der Waals surface area contributed by atoms with Crippen LogP contribution in [0.3, 0.4) is 0 Å². The Morgan fingerprint density at radius 2 is 1.59 bits per heavy atom. The van der Waals surface area contributed by atoms with Crippen molar-refractivity contribution in [1.82, 2.24) is 15.0 Å². The lowest BCUT2D eigenvalue weighted by atomic mass is 9.87. The quantitative estimate of drug-likeness (QED) is 0.600. The minimum Gasteiger partial charge on any atom is -0.484 e. The van der Waals surface area contributed by atoms with Gasteiger partial charge in [0.25, 0.3) is 0 Å². The van der Waals surface area contributed by atoms with Gasteiger partial charge in [0.05, 0.1) is 11.4 Å². The molecule has 5 rings (SSSR count). The van der Waals surface area contributed by atoms with E-state index in [1.807, 2.05) is 12.1 Å². The molecule has 178 valence electrons. The smallest absolute Gasteiger partial charge is 0.422 e. The average Bonchev–Trinajstić information content (AvgIpc) is 3.21. The lowest BCUT2D eigenvalue weighted by molar-refractivity contribution is -0.153. The number of anilines is 1. The lowest BCUT2D eigenvalue weighted by Gasteiger charge is -2.45. The number of benzene rings is 2. The maximum Gasteiger partial charge on any atom is 0.422 e. The van der Waals surface area contributed by atoms with E-state index in [2.05, 4.69) is 20.2 Å². The number of ether oxygens (including phenoxy) is 1. The Morgan fingerprint density at radius 3 is 2.24 bits per heavy atom. The van der Waals surface area contributed by atoms with Gasteiger partial charge in [-0.3, -0.25) is 4.90 Å². The van der Waals surface area contributed by atoms with Gasteiger partial charge in [0.1, 0.15) is 22.4 Å². The molecule has 3 aromatic rings. The van der Waals surface area contributed by atoms with Crippen LogP contribution in [0.2, 0.25) is 0 Å². The van der Waals surface area contributed by atoms with Crippen molar-refractivity contribution in [3.05, 3.63) is 42.5 Å². The zero-order valence-electron chi connectivity index (χ0n) is 18.2. The summed E-state index contributed by atoms with van der Waals surface area (Å²) in [6, 6.07) is 11.9. The van der Waals surface area contributed by atoms with E-state index in [-0.39, 0.29) is 17.7 Å². The van der Waals surface area contributed by atoms with E-state index in [9.17, 15) is 13.2 Å². The highest BCUT2D eigenvalue weighted by atomic mass is 19.4. The molecule has 9 nitrogen and oxygen atoms in total. The van der Waals surface area contributed by atoms with Crippen molar-refractivity contribution in [3.8, 4) is 11.4 Å². The summed E-state index contributed by atoms with van der Waals surface area (Å²) in [5.74, 6) is 0.194. The van der Waals surface area contributed by atoms with Crippen molar-refractivity contribution < 1.29 is 17.9 Å². The standard InChI is InChI=1S/C22H23F3N8O/c23-22(24,25)13-34-16-11-14(10-15(12-16)33-30-17-6-2-3-7-18(17)31-33)32-20(27)28-19(26)29-21(32)8-4-1-5-9-21/h2-3,6-7,10-12H,1,4-5,8-9,13H2,(H4,26,27,28,29). The molecule has 34 heavy (non-hydrogen) atoms. The van der Waals surface area contributed by atoms with Crippen molar-refractivity contribution in [1.29, 1.82) is 0 Å². The number of hydrogen-bond acceptors (Lipinski definition) is 8. The summed E-state index contributed by atoms with van der Waals surface area (Å²) in [5, 5.41) is 8.91. The van der Waals surface area contributed by atoms with E-state index in [1.54, 1.807) is 23.1 Å². The number of hydrogen-bond donors (Lipinski definition) is 2. The third kappa shape index (κ3) is 4.22. The second kappa shape index (κ2) is 8.19. The summed E-state index contributed by atoms with van der Waals surface area (Å²) >= 11 is 0. The fourth-order valence-electron chi connectivity index (χ4n) is 4.53. The van der Waals surface area contributed by atoms with Crippen LogP contribution >= 0.6 is 0 Å². The topological polar surface area (TPSA) is 120 Å². The summed E-state index contributed by atoms with van der Waals surface area (Å²) in [4.78, 5) is 11.8. The maximum atomic E-state index is 12.9. The Morgan fingerprint density at radius 1 is 0.941 bits per heavy atom. The van der Waals surface area contributed by atoms with Crippen LogP contribution in [-0.2, 0) is 0 Å². The first kappa shape index (κ1) is 22.0. The number of nitrogens with two attached hydrogens (primary N) is 2. The summed E-state index contributed by atoms with van der Waals surface area (Å²) in [6.45, 7) is -1.44. The van der Waals surface area contributed by atoms with Gasteiger partial charge in [-0.25, -0.2) is 4.99 Å². The zero-order chi connectivity index (χ0) is 23.9. The second-order valence-electron chi connectivity index (χ2n) is 8.39. The van der Waals surface area contributed by atoms with Crippen molar-refractivity contribution in [3.63, 3.8) is 0 Å². The Kier molecular flexibility index (Phi) is 5.29. The molecule has 1 spiro atoms. The van der Waals surface area contributed by atoms with Gasteiger partial charge in [-0.15, -0.1) is 10.2 Å². The van der Waals surface area contributed by atoms with Gasteiger partial charge >= 0.3 is 6.18 Å². The van der Waals surface area contributed by atoms with E-state index in [0.29, 0.717) is 35.2 Å². The summed E-state index contributed by atoms with van der Waals surface area (Å²) < 4.78 is 43.9. The van der Waals surface area contributed by atoms with E-state index in [4.69, 9.17) is 16.2 Å². The normalized spacial score (nSPS) is 18.1. The third-order valence-corrected chi connectivity index (χ3v) is 5.91. The molecular formula is C22H23F3N8O. The van der Waals surface area contributed by atoms with E-state index in [1.165, 1.54) is 16.9 Å². The summed E-state index contributed by atoms with van der Waals surface area (Å²) in [5.41, 5.74) is 13.6. The van der Waals surface area contributed by atoms with Crippen LogP contribution < -0.4 is 21.1 Å². The molecule has 2 aliphatic rings.